The molecular weight excluding hydrogens is 419 g/mol. The largest absolute Gasteiger partial charge is 1.00 e. The lowest BCUT2D eigenvalue weighted by molar-refractivity contribution is -0.00100. The Morgan fingerprint density at radius 1 is 1.04 bits per heavy atom. The van der Waals surface area contributed by atoms with Gasteiger partial charge in [-0.15, -0.1) is 0 Å². The van der Waals surface area contributed by atoms with Crippen LogP contribution < -0.4 is 34.9 Å². The van der Waals surface area contributed by atoms with Gasteiger partial charge in [-0.1, -0.05) is 41.9 Å². The SMILES string of the molecule is Clc1ccccc1COc1cccc(CNCCCN2CCOCC2)c1.[Cl-].[Cl-]. The maximum absolute atomic E-state index is 6.18. The number of hydrogen-bond donors (Lipinski definition) is 1. The van der Waals surface area contributed by atoms with Gasteiger partial charge >= 0.3 is 0 Å². The molecule has 0 aromatic heterocycles. The first-order valence-corrected chi connectivity index (χ1v) is 9.65. The summed E-state index contributed by atoms with van der Waals surface area (Å²) in [6.07, 6.45) is 1.16. The van der Waals surface area contributed by atoms with Gasteiger partial charge in [0.1, 0.15) is 12.4 Å². The quantitative estimate of drug-likeness (QED) is 0.442. The number of halogens is 3. The van der Waals surface area contributed by atoms with E-state index in [2.05, 4.69) is 22.3 Å². The van der Waals surface area contributed by atoms with Crippen LogP contribution in [0, 0.1) is 0 Å². The van der Waals surface area contributed by atoms with Gasteiger partial charge in [-0.2, -0.15) is 0 Å². The second-order valence-electron chi connectivity index (χ2n) is 6.51. The molecule has 0 atom stereocenters. The van der Waals surface area contributed by atoms with Crippen LogP contribution in [-0.2, 0) is 17.9 Å². The van der Waals surface area contributed by atoms with Gasteiger partial charge in [-0.05, 0) is 43.3 Å². The number of nitrogens with one attached hydrogen (secondary N) is 1. The molecule has 2 aromatic carbocycles. The minimum Gasteiger partial charge on any atom is -1.00 e. The van der Waals surface area contributed by atoms with Gasteiger partial charge in [0.25, 0.3) is 0 Å². The molecule has 28 heavy (non-hydrogen) atoms. The lowest BCUT2D eigenvalue weighted by atomic mass is 10.2. The molecule has 1 saturated heterocycles. The van der Waals surface area contributed by atoms with Crippen LogP contribution >= 0.6 is 11.6 Å². The molecule has 1 aliphatic heterocycles. The van der Waals surface area contributed by atoms with Crippen molar-refractivity contribution in [3.05, 3.63) is 64.7 Å². The molecule has 0 bridgehead atoms. The predicted octanol–water partition coefficient (Wildman–Crippen LogP) is -2.26. The summed E-state index contributed by atoms with van der Waals surface area (Å²) in [6, 6.07) is 16.0. The van der Waals surface area contributed by atoms with E-state index in [9.17, 15) is 0 Å². The van der Waals surface area contributed by atoms with Crippen LogP contribution in [0.1, 0.15) is 17.5 Å². The van der Waals surface area contributed by atoms with E-state index in [0.717, 1.165) is 68.7 Å². The zero-order valence-electron chi connectivity index (χ0n) is 15.9. The van der Waals surface area contributed by atoms with E-state index in [1.807, 2.05) is 36.4 Å². The number of hydrogen-bond acceptors (Lipinski definition) is 4. The van der Waals surface area contributed by atoms with Crippen LogP contribution in [0.5, 0.6) is 5.75 Å². The Hall–Kier alpha value is -1.01. The molecule has 0 unspecified atom stereocenters. The predicted molar refractivity (Wildman–Crippen MR) is 106 cm³/mol. The second-order valence-corrected chi connectivity index (χ2v) is 6.92. The van der Waals surface area contributed by atoms with Crippen molar-refractivity contribution in [2.75, 3.05) is 39.4 Å². The van der Waals surface area contributed by atoms with Gasteiger partial charge < -0.3 is 39.6 Å². The van der Waals surface area contributed by atoms with Crippen LogP contribution in [0.3, 0.4) is 0 Å². The number of benzene rings is 2. The molecule has 2 aromatic rings. The Balaban J connectivity index is 0.00000196. The summed E-state index contributed by atoms with van der Waals surface area (Å²) < 4.78 is 11.3. The molecule has 0 saturated carbocycles. The maximum Gasteiger partial charge on any atom is 0.120 e. The minimum atomic E-state index is 0. The molecule has 156 valence electrons. The second kappa shape index (κ2) is 14.0. The van der Waals surface area contributed by atoms with Gasteiger partial charge in [0.15, 0.2) is 0 Å². The van der Waals surface area contributed by atoms with Gasteiger partial charge in [0.05, 0.1) is 13.2 Å². The van der Waals surface area contributed by atoms with Crippen molar-refractivity contribution in [1.82, 2.24) is 10.2 Å². The van der Waals surface area contributed by atoms with Crippen molar-refractivity contribution < 1.29 is 34.3 Å². The highest BCUT2D eigenvalue weighted by atomic mass is 35.5. The van der Waals surface area contributed by atoms with E-state index < -0.39 is 0 Å². The summed E-state index contributed by atoms with van der Waals surface area (Å²) in [7, 11) is 0. The Labute approximate surface area is 185 Å². The average molecular weight is 446 g/mol. The van der Waals surface area contributed by atoms with E-state index in [0.29, 0.717) is 6.61 Å². The van der Waals surface area contributed by atoms with E-state index in [-0.39, 0.29) is 24.8 Å². The fraction of sp³-hybridized carbons (Fsp3) is 0.429. The fourth-order valence-corrected chi connectivity index (χ4v) is 3.20. The van der Waals surface area contributed by atoms with Crippen molar-refractivity contribution in [2.24, 2.45) is 0 Å². The standard InChI is InChI=1S/C21H27ClN2O2.2ClH/c22-21-8-2-1-6-19(21)17-26-20-7-3-5-18(15-20)16-23-9-4-10-24-11-13-25-14-12-24;;/h1-3,5-8,15,23H,4,9-14,16-17H2;2*1H/p-2. The molecule has 0 aliphatic carbocycles. The number of ether oxygens (including phenoxy) is 2. The van der Waals surface area contributed by atoms with Gasteiger partial charge in [0.2, 0.25) is 0 Å². The summed E-state index contributed by atoms with van der Waals surface area (Å²) in [5.74, 6) is 0.873. The first-order valence-electron chi connectivity index (χ1n) is 9.27. The first-order chi connectivity index (χ1) is 12.8. The average Bonchev–Trinajstić information content (AvgIpc) is 2.68. The molecule has 1 N–H and O–H groups in total. The lowest BCUT2D eigenvalue weighted by Crippen LogP contribution is -3.00. The van der Waals surface area contributed by atoms with Gasteiger partial charge in [0, 0.05) is 30.2 Å². The highest BCUT2D eigenvalue weighted by molar-refractivity contribution is 6.31. The summed E-state index contributed by atoms with van der Waals surface area (Å²) in [4.78, 5) is 2.47. The third kappa shape index (κ3) is 8.56. The molecule has 1 heterocycles. The van der Waals surface area contributed by atoms with Crippen LogP contribution in [0.4, 0.5) is 0 Å². The third-order valence-corrected chi connectivity index (χ3v) is 4.88. The topological polar surface area (TPSA) is 33.7 Å². The molecule has 3 rings (SSSR count). The third-order valence-electron chi connectivity index (χ3n) is 4.51. The first kappa shape index (κ1) is 25.0. The molecule has 1 aliphatic rings. The molecule has 4 nitrogen and oxygen atoms in total. The highest BCUT2D eigenvalue weighted by Crippen LogP contribution is 2.19. The zero-order valence-corrected chi connectivity index (χ0v) is 18.1. The van der Waals surface area contributed by atoms with Crippen molar-refractivity contribution in [3.63, 3.8) is 0 Å². The fourth-order valence-electron chi connectivity index (χ4n) is 3.01. The van der Waals surface area contributed by atoms with Crippen molar-refractivity contribution in [3.8, 4) is 5.75 Å². The minimum absolute atomic E-state index is 0. The number of nitrogens with zero attached hydrogens (tertiary/aromatic N) is 1. The van der Waals surface area contributed by atoms with Gasteiger partial charge in [-0.25, -0.2) is 0 Å². The summed E-state index contributed by atoms with van der Waals surface area (Å²) in [5, 5.41) is 4.26. The van der Waals surface area contributed by atoms with Gasteiger partial charge in [-0.3, -0.25) is 4.90 Å². The molecule has 1 fully saturated rings. The number of rotatable bonds is 9. The van der Waals surface area contributed by atoms with Crippen LogP contribution in [0.25, 0.3) is 0 Å². The van der Waals surface area contributed by atoms with Crippen LogP contribution in [-0.4, -0.2) is 44.3 Å². The van der Waals surface area contributed by atoms with Crippen molar-refractivity contribution in [1.29, 1.82) is 0 Å². The maximum atomic E-state index is 6.18. The Kier molecular flexibility index (Phi) is 12.6. The van der Waals surface area contributed by atoms with Crippen molar-refractivity contribution >= 4 is 11.6 Å². The van der Waals surface area contributed by atoms with Crippen LogP contribution in [0.2, 0.25) is 5.02 Å². The molecular formula is C21H27Cl3N2O2-2. The number of morpholine rings is 1. The summed E-state index contributed by atoms with van der Waals surface area (Å²) in [5.41, 5.74) is 2.23. The Morgan fingerprint density at radius 2 is 1.82 bits per heavy atom. The summed E-state index contributed by atoms with van der Waals surface area (Å²) in [6.45, 7) is 7.35. The lowest BCUT2D eigenvalue weighted by Gasteiger charge is -2.26. The summed E-state index contributed by atoms with van der Waals surface area (Å²) >= 11 is 6.18. The smallest absolute Gasteiger partial charge is 0.120 e. The van der Waals surface area contributed by atoms with E-state index in [4.69, 9.17) is 21.1 Å². The highest BCUT2D eigenvalue weighted by Gasteiger charge is 2.09. The van der Waals surface area contributed by atoms with Crippen LogP contribution in [0.15, 0.2) is 48.5 Å². The van der Waals surface area contributed by atoms with E-state index >= 15 is 0 Å². The Bertz CT molecular complexity index is 682. The zero-order chi connectivity index (χ0) is 18.0. The van der Waals surface area contributed by atoms with E-state index in [1.54, 1.807) is 0 Å². The molecule has 0 spiro atoms. The molecule has 7 heteroatoms. The molecule has 0 amide bonds. The normalized spacial score (nSPS) is 14.0. The van der Waals surface area contributed by atoms with E-state index in [1.165, 1.54) is 5.56 Å². The monoisotopic (exact) mass is 444 g/mol. The molecule has 0 radical (unpaired) electrons. The van der Waals surface area contributed by atoms with Crippen molar-refractivity contribution in [2.45, 2.75) is 19.6 Å². The Morgan fingerprint density at radius 3 is 2.61 bits per heavy atom.